The van der Waals surface area contributed by atoms with Gasteiger partial charge in [-0.05, 0) is 77.7 Å². The molecule has 0 radical (unpaired) electrons. The van der Waals surface area contributed by atoms with Gasteiger partial charge in [0.2, 0.25) is 5.13 Å². The molecule has 1 unspecified atom stereocenters. The smallest absolute Gasteiger partial charge is 0.343 e. The fourth-order valence-corrected chi connectivity index (χ4v) is 5.33. The Morgan fingerprint density at radius 1 is 1.02 bits per heavy atom. The van der Waals surface area contributed by atoms with Crippen LogP contribution in [0.3, 0.4) is 0 Å². The Labute approximate surface area is 266 Å². The van der Waals surface area contributed by atoms with E-state index in [4.69, 9.17) is 14.2 Å². The van der Waals surface area contributed by atoms with Gasteiger partial charge >= 0.3 is 5.97 Å². The molecule has 0 spiro atoms. The number of aryl methyl sites for hydroxylation is 1. The average Bonchev–Trinajstić information content (AvgIpc) is 3.49. The molecule has 0 aliphatic heterocycles. The summed E-state index contributed by atoms with van der Waals surface area (Å²) < 4.78 is 17.7. The van der Waals surface area contributed by atoms with Crippen molar-refractivity contribution < 1.29 is 24.1 Å². The van der Waals surface area contributed by atoms with Crippen molar-refractivity contribution in [3.05, 3.63) is 120 Å². The number of aromatic nitrogens is 1. The molecule has 1 atom stereocenters. The number of hydrogen-bond donors (Lipinski definition) is 2. The van der Waals surface area contributed by atoms with E-state index < -0.39 is 12.3 Å². The molecule has 1 heterocycles. The van der Waals surface area contributed by atoms with Crippen LogP contribution in [-0.4, -0.2) is 41.8 Å². The molecule has 5 aromatic rings. The highest BCUT2D eigenvalue weighted by Crippen LogP contribution is 2.28. The predicted octanol–water partition coefficient (Wildman–Crippen LogP) is 7.87. The van der Waals surface area contributed by atoms with Gasteiger partial charge in [-0.25, -0.2) is 9.78 Å². The van der Waals surface area contributed by atoms with Crippen LogP contribution in [0.5, 0.6) is 11.5 Å². The van der Waals surface area contributed by atoms with Crippen LogP contribution in [0, 0.1) is 0 Å². The number of fused-ring (bicyclic) bond motifs is 1. The number of esters is 1. The molecule has 2 N–H and O–H groups in total. The zero-order valence-corrected chi connectivity index (χ0v) is 25.8. The number of rotatable bonds is 15. The molecular formula is C36H35N3O5S. The topological polar surface area (TPSA) is 102 Å². The first-order chi connectivity index (χ1) is 22.0. The number of aliphatic hydroxyl groups excluding tert-OH is 1. The number of nitrogens with zero attached hydrogens (tertiary/aromatic N) is 2. The van der Waals surface area contributed by atoms with Crippen LogP contribution in [0.25, 0.3) is 21.3 Å². The maximum atomic E-state index is 13.1. The Bertz CT molecular complexity index is 1720. The molecule has 0 saturated carbocycles. The van der Waals surface area contributed by atoms with E-state index in [0.717, 1.165) is 34.2 Å². The Balaban J connectivity index is 1.29. The minimum atomic E-state index is -0.981. The highest BCUT2D eigenvalue weighted by atomic mass is 32.1. The molecule has 9 heteroatoms. The SMILES string of the molecule is C=CC(O)OCCCOc1ccc(C(=O)Oc2ccc(-c3ccc(CCC)cc3)cc2/C=N/Nc2nc3ccccc3s2)cc1. The lowest BCUT2D eigenvalue weighted by Gasteiger charge is -2.11. The van der Waals surface area contributed by atoms with Crippen LogP contribution in [0.15, 0.2) is 109 Å². The van der Waals surface area contributed by atoms with E-state index in [1.807, 2.05) is 36.4 Å². The van der Waals surface area contributed by atoms with Crippen molar-refractivity contribution in [1.82, 2.24) is 4.98 Å². The number of ether oxygens (including phenoxy) is 3. The number of carbonyl (C=O) groups is 1. The lowest BCUT2D eigenvalue weighted by atomic mass is 10.0. The van der Waals surface area contributed by atoms with Crippen molar-refractivity contribution >= 4 is 38.9 Å². The number of carbonyl (C=O) groups excluding carboxylic acids is 1. The number of nitrogens with one attached hydrogen (secondary N) is 1. The standard InChI is InChI=1S/C36H35N3O5S/c1-3-8-25-11-13-26(14-12-25)28-17-20-32(29(23-28)24-37-39-36-38-31-9-5-6-10-33(31)45-36)44-35(41)27-15-18-30(19-16-27)42-21-7-22-43-34(40)4-2/h4-6,9-20,23-24,34,40H,2-3,7-8,21-22H2,1H3,(H,38,39)/b37-24+. The molecule has 1 aromatic heterocycles. The number of anilines is 1. The molecule has 0 saturated heterocycles. The fraction of sp³-hybridized carbons (Fsp3) is 0.194. The number of benzene rings is 4. The zero-order valence-electron chi connectivity index (χ0n) is 25.0. The van der Waals surface area contributed by atoms with E-state index >= 15 is 0 Å². The van der Waals surface area contributed by atoms with Gasteiger partial charge in [0.15, 0.2) is 6.29 Å². The van der Waals surface area contributed by atoms with Crippen molar-refractivity contribution in [3.8, 4) is 22.6 Å². The summed E-state index contributed by atoms with van der Waals surface area (Å²) in [7, 11) is 0. The van der Waals surface area contributed by atoms with Gasteiger partial charge in [-0.2, -0.15) is 5.10 Å². The molecule has 0 aliphatic carbocycles. The van der Waals surface area contributed by atoms with Crippen LogP contribution in [-0.2, 0) is 11.2 Å². The normalized spacial score (nSPS) is 11.9. The first-order valence-corrected chi connectivity index (χ1v) is 15.6. The maximum absolute atomic E-state index is 13.1. The van der Waals surface area contributed by atoms with E-state index in [9.17, 15) is 9.90 Å². The van der Waals surface area contributed by atoms with Crippen molar-refractivity contribution in [2.75, 3.05) is 18.6 Å². The van der Waals surface area contributed by atoms with Crippen LogP contribution in [0.2, 0.25) is 0 Å². The number of aliphatic hydroxyl groups is 1. The largest absolute Gasteiger partial charge is 0.494 e. The summed E-state index contributed by atoms with van der Waals surface area (Å²) in [6.45, 7) is 6.36. The van der Waals surface area contributed by atoms with Gasteiger partial charge in [-0.3, -0.25) is 5.43 Å². The van der Waals surface area contributed by atoms with Crippen LogP contribution >= 0.6 is 11.3 Å². The van der Waals surface area contributed by atoms with E-state index in [1.165, 1.54) is 23.0 Å². The minimum absolute atomic E-state index is 0.336. The van der Waals surface area contributed by atoms with Gasteiger partial charge in [0.25, 0.3) is 0 Å². The lowest BCUT2D eigenvalue weighted by Crippen LogP contribution is -2.11. The monoisotopic (exact) mass is 621 g/mol. The van der Waals surface area contributed by atoms with Gasteiger partial charge in [-0.15, -0.1) is 0 Å². The molecule has 0 bridgehead atoms. The third-order valence-electron chi connectivity index (χ3n) is 6.83. The average molecular weight is 622 g/mol. The second-order valence-corrected chi connectivity index (χ2v) is 11.2. The summed E-state index contributed by atoms with van der Waals surface area (Å²) in [6.07, 6.45) is 4.69. The van der Waals surface area contributed by atoms with Crippen molar-refractivity contribution in [1.29, 1.82) is 0 Å². The minimum Gasteiger partial charge on any atom is -0.494 e. The molecular weight excluding hydrogens is 586 g/mol. The van der Waals surface area contributed by atoms with Crippen molar-refractivity contribution in [2.45, 2.75) is 32.5 Å². The van der Waals surface area contributed by atoms with E-state index in [-0.39, 0.29) is 0 Å². The van der Waals surface area contributed by atoms with Crippen LogP contribution in [0.1, 0.15) is 41.3 Å². The summed E-state index contributed by atoms with van der Waals surface area (Å²) in [5, 5.41) is 14.4. The highest BCUT2D eigenvalue weighted by molar-refractivity contribution is 7.22. The second-order valence-electron chi connectivity index (χ2n) is 10.2. The van der Waals surface area contributed by atoms with Gasteiger partial charge in [0, 0.05) is 12.0 Å². The van der Waals surface area contributed by atoms with Gasteiger partial charge < -0.3 is 19.3 Å². The number of thiazole rings is 1. The Kier molecular flexibility index (Phi) is 11.1. The van der Waals surface area contributed by atoms with E-state index in [2.05, 4.69) is 53.3 Å². The Morgan fingerprint density at radius 3 is 2.56 bits per heavy atom. The second kappa shape index (κ2) is 15.8. The molecule has 0 amide bonds. The van der Waals surface area contributed by atoms with Crippen LogP contribution < -0.4 is 14.9 Å². The van der Waals surface area contributed by atoms with Gasteiger partial charge in [-0.1, -0.05) is 73.7 Å². The zero-order chi connectivity index (χ0) is 31.4. The summed E-state index contributed by atoms with van der Waals surface area (Å²) >= 11 is 1.51. The lowest BCUT2D eigenvalue weighted by molar-refractivity contribution is -0.0663. The van der Waals surface area contributed by atoms with E-state index in [0.29, 0.717) is 47.4 Å². The molecule has 0 fully saturated rings. The summed E-state index contributed by atoms with van der Waals surface area (Å²) in [5.74, 6) is 0.487. The Hall–Kier alpha value is -4.83. The fourth-order valence-electron chi connectivity index (χ4n) is 4.52. The predicted molar refractivity (Wildman–Crippen MR) is 180 cm³/mol. The summed E-state index contributed by atoms with van der Waals surface area (Å²) in [6, 6.07) is 28.8. The van der Waals surface area contributed by atoms with Gasteiger partial charge in [0.1, 0.15) is 11.5 Å². The Morgan fingerprint density at radius 2 is 1.80 bits per heavy atom. The first kappa shape index (κ1) is 31.6. The van der Waals surface area contributed by atoms with Crippen LogP contribution in [0.4, 0.5) is 5.13 Å². The highest BCUT2D eigenvalue weighted by Gasteiger charge is 2.13. The molecule has 8 nitrogen and oxygen atoms in total. The quantitative estimate of drug-likeness (QED) is 0.0233. The maximum Gasteiger partial charge on any atom is 0.343 e. The van der Waals surface area contributed by atoms with E-state index in [1.54, 1.807) is 36.5 Å². The third-order valence-corrected chi connectivity index (χ3v) is 7.77. The molecule has 4 aromatic carbocycles. The first-order valence-electron chi connectivity index (χ1n) is 14.8. The number of hydrazone groups is 1. The molecule has 0 aliphatic rings. The summed E-state index contributed by atoms with van der Waals surface area (Å²) in [5.41, 5.74) is 8.26. The molecule has 45 heavy (non-hydrogen) atoms. The number of hydrogen-bond acceptors (Lipinski definition) is 9. The van der Waals surface area contributed by atoms with Crippen molar-refractivity contribution in [2.24, 2.45) is 5.10 Å². The number of para-hydroxylation sites is 1. The summed E-state index contributed by atoms with van der Waals surface area (Å²) in [4.78, 5) is 17.7. The third kappa shape index (κ3) is 8.86. The van der Waals surface area contributed by atoms with Crippen molar-refractivity contribution in [3.63, 3.8) is 0 Å². The van der Waals surface area contributed by atoms with Gasteiger partial charge in [0.05, 0.1) is 35.2 Å². The molecule has 5 rings (SSSR count). The molecule has 230 valence electrons.